The lowest BCUT2D eigenvalue weighted by Crippen LogP contribution is -2.23. The van der Waals surface area contributed by atoms with E-state index < -0.39 is 42.2 Å². The topological polar surface area (TPSA) is 73.8 Å². The normalized spacial score (nSPS) is 13.9. The molecule has 0 fully saturated rings. The van der Waals surface area contributed by atoms with Crippen molar-refractivity contribution < 1.29 is 36.7 Å². The Morgan fingerprint density at radius 3 is 1.40 bits per heavy atom. The molecule has 2 heterocycles. The first-order chi connectivity index (χ1) is 11.9. The van der Waals surface area contributed by atoms with Crippen molar-refractivity contribution in [2.45, 2.75) is 12.8 Å². The number of nitrogens with one attached hydrogen (secondary N) is 2. The molecule has 2 aliphatic rings. The van der Waals surface area contributed by atoms with Gasteiger partial charge in [0.1, 0.15) is 0 Å². The second-order valence-electron chi connectivity index (χ2n) is 4.63. The molecule has 1 aromatic carbocycles. The lowest BCUT2D eigenvalue weighted by Gasteiger charge is -2.08. The van der Waals surface area contributed by atoms with Crippen LogP contribution in [0.15, 0.2) is 24.6 Å². The minimum atomic E-state index is -2.70. The van der Waals surface area contributed by atoms with Gasteiger partial charge in [0, 0.05) is 13.1 Å². The lowest BCUT2D eigenvalue weighted by atomic mass is 10.2. The van der Waals surface area contributed by atoms with Crippen LogP contribution >= 0.6 is 0 Å². The maximum atomic E-state index is 12.7. The molecule has 5 nitrogen and oxygen atoms in total. The fraction of sp³-hybridized carbons (Fsp3) is 0.286. The predicted octanol–water partition coefficient (Wildman–Crippen LogP) is 1.72. The number of hydrogen-bond donors (Lipinski definition) is 4. The van der Waals surface area contributed by atoms with Crippen LogP contribution in [0.5, 0.6) is 5.75 Å². The maximum Gasteiger partial charge on any atom is 0.707 e. The summed E-state index contributed by atoms with van der Waals surface area (Å²) in [5.41, 5.74) is 0. The SMILES string of the molecule is C1=CNCC1.C1=CNCC1.OB(O)Oc1c(F)c(F)c(F)c(F)c1F. The van der Waals surface area contributed by atoms with Crippen LogP contribution in [0, 0.1) is 29.1 Å². The molecule has 0 atom stereocenters. The van der Waals surface area contributed by atoms with Gasteiger partial charge in [0.25, 0.3) is 0 Å². The minimum absolute atomic E-state index is 1.14. The van der Waals surface area contributed by atoms with Crippen molar-refractivity contribution in [2.75, 3.05) is 13.1 Å². The van der Waals surface area contributed by atoms with Crippen LogP contribution < -0.4 is 15.3 Å². The van der Waals surface area contributed by atoms with E-state index in [4.69, 9.17) is 10.0 Å². The van der Waals surface area contributed by atoms with E-state index in [0.717, 1.165) is 13.1 Å². The fourth-order valence-corrected chi connectivity index (χ4v) is 1.63. The number of hydrogen-bond acceptors (Lipinski definition) is 5. The summed E-state index contributed by atoms with van der Waals surface area (Å²) in [4.78, 5) is 0. The van der Waals surface area contributed by atoms with Crippen molar-refractivity contribution in [1.82, 2.24) is 10.6 Å². The molecule has 0 amide bonds. The molecule has 0 spiro atoms. The van der Waals surface area contributed by atoms with E-state index in [0.29, 0.717) is 0 Å². The van der Waals surface area contributed by atoms with Crippen LogP contribution in [0.3, 0.4) is 0 Å². The second kappa shape index (κ2) is 10.6. The van der Waals surface area contributed by atoms with Crippen LogP contribution in [0.4, 0.5) is 22.0 Å². The standard InChI is InChI=1S/C6H2BF5O3.2C4H7N/c8-1-2(9)4(11)6(15-7(13)14)5(12)3(1)10;2*1-2-4-5-3-1/h13-14H;2*1,3,5H,2,4H2. The smallest absolute Gasteiger partial charge is 0.507 e. The van der Waals surface area contributed by atoms with Crippen LogP contribution in [0.1, 0.15) is 12.8 Å². The number of rotatable bonds is 2. The van der Waals surface area contributed by atoms with E-state index >= 15 is 0 Å². The van der Waals surface area contributed by atoms with Crippen molar-refractivity contribution in [3.8, 4) is 5.75 Å². The Labute approximate surface area is 141 Å². The van der Waals surface area contributed by atoms with Gasteiger partial charge >= 0.3 is 7.32 Å². The lowest BCUT2D eigenvalue weighted by molar-refractivity contribution is 0.263. The van der Waals surface area contributed by atoms with Gasteiger partial charge in [0.2, 0.25) is 29.1 Å². The van der Waals surface area contributed by atoms with E-state index in [1.54, 1.807) is 0 Å². The van der Waals surface area contributed by atoms with Crippen LogP contribution in [-0.4, -0.2) is 30.5 Å². The highest BCUT2D eigenvalue weighted by atomic mass is 19.2. The van der Waals surface area contributed by atoms with Gasteiger partial charge in [-0.25, -0.2) is 13.2 Å². The van der Waals surface area contributed by atoms with E-state index in [2.05, 4.69) is 27.4 Å². The molecule has 0 aromatic heterocycles. The molecule has 4 N–H and O–H groups in total. The van der Waals surface area contributed by atoms with Crippen molar-refractivity contribution in [3.63, 3.8) is 0 Å². The van der Waals surface area contributed by atoms with Gasteiger partial charge in [-0.3, -0.25) is 0 Å². The highest BCUT2D eigenvalue weighted by Gasteiger charge is 2.29. The Balaban J connectivity index is 0.000000250. The molecule has 2 aliphatic heterocycles. The molecule has 0 saturated heterocycles. The Morgan fingerprint density at radius 2 is 1.16 bits per heavy atom. The Morgan fingerprint density at radius 1 is 0.760 bits per heavy atom. The van der Waals surface area contributed by atoms with E-state index in [1.807, 2.05) is 12.4 Å². The van der Waals surface area contributed by atoms with Crippen LogP contribution in [-0.2, 0) is 0 Å². The predicted molar refractivity (Wildman–Crippen MR) is 80.6 cm³/mol. The van der Waals surface area contributed by atoms with Crippen LogP contribution in [0.25, 0.3) is 0 Å². The summed E-state index contributed by atoms with van der Waals surface area (Å²) in [6.45, 7) is 2.28. The number of benzene rings is 1. The maximum absolute atomic E-state index is 12.7. The first-order valence-electron chi connectivity index (χ1n) is 7.17. The third-order valence-corrected chi connectivity index (χ3v) is 2.77. The van der Waals surface area contributed by atoms with Crippen molar-refractivity contribution >= 4 is 7.32 Å². The monoisotopic (exact) mass is 366 g/mol. The van der Waals surface area contributed by atoms with Gasteiger partial charge in [-0.05, 0) is 25.2 Å². The van der Waals surface area contributed by atoms with E-state index in [9.17, 15) is 22.0 Å². The molecule has 0 radical (unpaired) electrons. The van der Waals surface area contributed by atoms with Crippen molar-refractivity contribution in [3.05, 3.63) is 53.6 Å². The minimum Gasteiger partial charge on any atom is -0.507 e. The van der Waals surface area contributed by atoms with Gasteiger partial charge in [0.15, 0.2) is 5.75 Å². The van der Waals surface area contributed by atoms with Gasteiger partial charge in [-0.15, -0.1) is 0 Å². The zero-order valence-electron chi connectivity index (χ0n) is 12.9. The van der Waals surface area contributed by atoms with E-state index in [1.165, 1.54) is 12.8 Å². The van der Waals surface area contributed by atoms with Gasteiger partial charge in [-0.2, -0.15) is 8.78 Å². The first kappa shape index (κ1) is 20.8. The van der Waals surface area contributed by atoms with Gasteiger partial charge in [-0.1, -0.05) is 12.2 Å². The number of halogens is 5. The molecule has 1 aromatic rings. The fourth-order valence-electron chi connectivity index (χ4n) is 1.63. The third-order valence-electron chi connectivity index (χ3n) is 2.77. The van der Waals surface area contributed by atoms with Gasteiger partial charge in [0.05, 0.1) is 0 Å². The molecule has 0 unspecified atom stereocenters. The zero-order valence-corrected chi connectivity index (χ0v) is 12.9. The van der Waals surface area contributed by atoms with Crippen LogP contribution in [0.2, 0.25) is 0 Å². The molecule has 3 rings (SSSR count). The summed E-state index contributed by atoms with van der Waals surface area (Å²) in [6.07, 6.45) is 10.6. The summed E-state index contributed by atoms with van der Waals surface area (Å²) in [6, 6.07) is 0. The van der Waals surface area contributed by atoms with E-state index in [-0.39, 0.29) is 0 Å². The summed E-state index contributed by atoms with van der Waals surface area (Å²) in [5.74, 6) is -13.1. The molecule has 25 heavy (non-hydrogen) atoms. The summed E-state index contributed by atoms with van der Waals surface area (Å²) in [7, 11) is -2.70. The second-order valence-corrected chi connectivity index (χ2v) is 4.63. The molecule has 138 valence electrons. The highest BCUT2D eigenvalue weighted by Crippen LogP contribution is 2.28. The zero-order chi connectivity index (χ0) is 18.8. The van der Waals surface area contributed by atoms with Crippen molar-refractivity contribution in [2.24, 2.45) is 0 Å². The molecule has 0 bridgehead atoms. The summed E-state index contributed by atoms with van der Waals surface area (Å²) < 4.78 is 66.3. The Hall–Kier alpha value is -2.27. The molecular weight excluding hydrogens is 350 g/mol. The summed E-state index contributed by atoms with van der Waals surface area (Å²) >= 11 is 0. The average molecular weight is 366 g/mol. The highest BCUT2D eigenvalue weighted by molar-refractivity contribution is 6.33. The average Bonchev–Trinajstić information content (AvgIpc) is 3.32. The quantitative estimate of drug-likeness (QED) is 0.278. The third kappa shape index (κ3) is 6.63. The Kier molecular flexibility index (Phi) is 8.78. The first-order valence-corrected chi connectivity index (χ1v) is 7.17. The van der Waals surface area contributed by atoms with Crippen molar-refractivity contribution in [1.29, 1.82) is 0 Å². The molecule has 11 heteroatoms. The van der Waals surface area contributed by atoms with Gasteiger partial charge < -0.3 is 25.3 Å². The summed E-state index contributed by atoms with van der Waals surface area (Å²) in [5, 5.41) is 22.4. The molecule has 0 saturated carbocycles. The Bertz CT molecular complexity index is 572. The largest absolute Gasteiger partial charge is 0.707 e. The molecular formula is C14H16BF5N2O3. The molecule has 0 aliphatic carbocycles.